The third-order valence-electron chi connectivity index (χ3n) is 4.01. The monoisotopic (exact) mass is 279 g/mol. The molecule has 7 nitrogen and oxygen atoms in total. The zero-order valence-electron chi connectivity index (χ0n) is 11.4. The van der Waals surface area contributed by atoms with E-state index in [1.807, 2.05) is 0 Å². The molecule has 0 radical (unpaired) electrons. The lowest BCUT2D eigenvalue weighted by Gasteiger charge is -2.20. The fourth-order valence-corrected chi connectivity index (χ4v) is 2.23. The van der Waals surface area contributed by atoms with Crippen molar-refractivity contribution in [3.8, 4) is 0 Å². The summed E-state index contributed by atoms with van der Waals surface area (Å²) in [5.74, 6) is -0.702. The average Bonchev–Trinajstić information content (AvgIpc) is 3.16. The lowest BCUT2D eigenvalue weighted by Crippen LogP contribution is -2.22. The van der Waals surface area contributed by atoms with Gasteiger partial charge >= 0.3 is 11.7 Å². The fourth-order valence-electron chi connectivity index (χ4n) is 2.23. The first-order chi connectivity index (χ1) is 9.35. The van der Waals surface area contributed by atoms with Crippen LogP contribution in [0.25, 0.3) is 0 Å². The highest BCUT2D eigenvalue weighted by Gasteiger charge is 2.45. The molecule has 108 valence electrons. The van der Waals surface area contributed by atoms with Gasteiger partial charge in [-0.15, -0.1) is 0 Å². The van der Waals surface area contributed by atoms with Gasteiger partial charge in [0.1, 0.15) is 0 Å². The zero-order chi connectivity index (χ0) is 14.9. The van der Waals surface area contributed by atoms with Crippen molar-refractivity contribution in [3.05, 3.63) is 27.9 Å². The Morgan fingerprint density at radius 1 is 1.55 bits per heavy atom. The molecule has 20 heavy (non-hydrogen) atoms. The van der Waals surface area contributed by atoms with Crippen LogP contribution in [0.4, 0.5) is 11.5 Å². The van der Waals surface area contributed by atoms with Gasteiger partial charge in [0.05, 0.1) is 4.92 Å². The molecule has 0 atom stereocenters. The summed E-state index contributed by atoms with van der Waals surface area (Å²) in [6, 6.07) is 2.31. The van der Waals surface area contributed by atoms with Crippen molar-refractivity contribution in [3.63, 3.8) is 0 Å². The SMILES string of the molecule is CC(C)C1(CNc2nc(C(=O)O)ccc2[N+](=O)[O-])CC1. The molecule has 0 amide bonds. The van der Waals surface area contributed by atoms with Gasteiger partial charge in [0.2, 0.25) is 5.82 Å². The highest BCUT2D eigenvalue weighted by Crippen LogP contribution is 2.51. The van der Waals surface area contributed by atoms with E-state index in [1.165, 1.54) is 6.07 Å². The van der Waals surface area contributed by atoms with Gasteiger partial charge in [-0.05, 0) is 30.2 Å². The van der Waals surface area contributed by atoms with Crippen LogP contribution >= 0.6 is 0 Å². The Balaban J connectivity index is 2.22. The maximum absolute atomic E-state index is 11.0. The van der Waals surface area contributed by atoms with Crippen LogP contribution in [0.2, 0.25) is 0 Å². The van der Waals surface area contributed by atoms with Gasteiger partial charge in [0, 0.05) is 12.6 Å². The number of carboxylic acids is 1. The van der Waals surface area contributed by atoms with Crippen molar-refractivity contribution in [2.24, 2.45) is 11.3 Å². The topological polar surface area (TPSA) is 105 Å². The first kappa shape index (κ1) is 14.2. The zero-order valence-corrected chi connectivity index (χ0v) is 11.4. The summed E-state index contributed by atoms with van der Waals surface area (Å²) >= 11 is 0. The van der Waals surface area contributed by atoms with Gasteiger partial charge in [-0.3, -0.25) is 10.1 Å². The Bertz CT molecular complexity index is 553. The Kier molecular flexibility index (Phi) is 3.61. The normalized spacial score (nSPS) is 15.9. The number of anilines is 1. The second-order valence-corrected chi connectivity index (χ2v) is 5.50. The van der Waals surface area contributed by atoms with Crippen LogP contribution < -0.4 is 5.32 Å². The number of nitrogens with zero attached hydrogens (tertiary/aromatic N) is 2. The Morgan fingerprint density at radius 2 is 2.20 bits per heavy atom. The van der Waals surface area contributed by atoms with Gasteiger partial charge in [0.25, 0.3) is 0 Å². The van der Waals surface area contributed by atoms with Crippen LogP contribution in [-0.4, -0.2) is 27.5 Å². The highest BCUT2D eigenvalue weighted by atomic mass is 16.6. The molecule has 0 bridgehead atoms. The van der Waals surface area contributed by atoms with Gasteiger partial charge < -0.3 is 10.4 Å². The van der Waals surface area contributed by atoms with Crippen LogP contribution in [0.15, 0.2) is 12.1 Å². The van der Waals surface area contributed by atoms with Crippen molar-refractivity contribution in [2.75, 3.05) is 11.9 Å². The van der Waals surface area contributed by atoms with E-state index in [0.29, 0.717) is 12.5 Å². The summed E-state index contributed by atoms with van der Waals surface area (Å²) < 4.78 is 0. The van der Waals surface area contributed by atoms with E-state index in [9.17, 15) is 14.9 Å². The first-order valence-corrected chi connectivity index (χ1v) is 6.48. The summed E-state index contributed by atoms with van der Waals surface area (Å²) in [6.45, 7) is 4.80. The molecule has 1 saturated carbocycles. The number of pyridine rings is 1. The molecule has 1 aromatic heterocycles. The smallest absolute Gasteiger partial charge is 0.354 e. The molecule has 0 aromatic carbocycles. The highest BCUT2D eigenvalue weighted by molar-refractivity contribution is 5.86. The maximum atomic E-state index is 11.0. The molecular formula is C13H17N3O4. The first-order valence-electron chi connectivity index (χ1n) is 6.48. The van der Waals surface area contributed by atoms with E-state index in [-0.39, 0.29) is 22.6 Å². The molecule has 0 unspecified atom stereocenters. The number of aromatic carboxylic acids is 1. The molecule has 1 fully saturated rings. The summed E-state index contributed by atoms with van der Waals surface area (Å²) in [4.78, 5) is 25.1. The third kappa shape index (κ3) is 2.71. The van der Waals surface area contributed by atoms with Crippen molar-refractivity contribution < 1.29 is 14.8 Å². The molecule has 1 aliphatic carbocycles. The van der Waals surface area contributed by atoms with E-state index in [2.05, 4.69) is 24.1 Å². The van der Waals surface area contributed by atoms with Crippen LogP contribution in [0, 0.1) is 21.4 Å². The lowest BCUT2D eigenvalue weighted by atomic mass is 9.92. The molecular weight excluding hydrogens is 262 g/mol. The predicted molar refractivity (Wildman–Crippen MR) is 72.8 cm³/mol. The maximum Gasteiger partial charge on any atom is 0.354 e. The van der Waals surface area contributed by atoms with Gasteiger partial charge in [-0.1, -0.05) is 13.8 Å². The number of carbonyl (C=O) groups is 1. The van der Waals surface area contributed by atoms with E-state index in [4.69, 9.17) is 5.11 Å². The van der Waals surface area contributed by atoms with Crippen molar-refractivity contribution in [1.29, 1.82) is 0 Å². The van der Waals surface area contributed by atoms with Crippen LogP contribution in [0.1, 0.15) is 37.2 Å². The molecule has 0 saturated heterocycles. The average molecular weight is 279 g/mol. The summed E-state index contributed by atoms with van der Waals surface area (Å²) in [5.41, 5.74) is -0.253. The predicted octanol–water partition coefficient (Wildman–Crippen LogP) is 2.54. The summed E-state index contributed by atoms with van der Waals surface area (Å²) in [5, 5.41) is 22.8. The Labute approximate surface area is 116 Å². The fraction of sp³-hybridized carbons (Fsp3) is 0.538. The number of rotatable bonds is 6. The minimum atomic E-state index is -1.20. The number of aromatic nitrogens is 1. The number of nitro groups is 1. The van der Waals surface area contributed by atoms with Crippen molar-refractivity contribution >= 4 is 17.5 Å². The minimum absolute atomic E-state index is 0.0295. The Morgan fingerprint density at radius 3 is 2.65 bits per heavy atom. The van der Waals surface area contributed by atoms with Gasteiger partial charge in [-0.25, -0.2) is 9.78 Å². The molecule has 7 heteroatoms. The van der Waals surface area contributed by atoms with Crippen molar-refractivity contribution in [2.45, 2.75) is 26.7 Å². The number of hydrogen-bond acceptors (Lipinski definition) is 5. The summed E-state index contributed by atoms with van der Waals surface area (Å²) in [6.07, 6.45) is 2.15. The van der Waals surface area contributed by atoms with Crippen LogP contribution in [-0.2, 0) is 0 Å². The second kappa shape index (κ2) is 5.07. The molecule has 2 rings (SSSR count). The number of hydrogen-bond donors (Lipinski definition) is 2. The number of carboxylic acid groups (broad SMARTS) is 1. The molecule has 0 aliphatic heterocycles. The van der Waals surface area contributed by atoms with E-state index < -0.39 is 10.9 Å². The minimum Gasteiger partial charge on any atom is -0.477 e. The van der Waals surface area contributed by atoms with Gasteiger partial charge in [-0.2, -0.15) is 0 Å². The third-order valence-corrected chi connectivity index (χ3v) is 4.01. The van der Waals surface area contributed by atoms with E-state index in [1.54, 1.807) is 0 Å². The lowest BCUT2D eigenvalue weighted by molar-refractivity contribution is -0.384. The van der Waals surface area contributed by atoms with Crippen LogP contribution in [0.3, 0.4) is 0 Å². The van der Waals surface area contributed by atoms with Gasteiger partial charge in [0.15, 0.2) is 5.69 Å². The van der Waals surface area contributed by atoms with Crippen molar-refractivity contribution in [1.82, 2.24) is 4.98 Å². The quantitative estimate of drug-likeness (QED) is 0.612. The van der Waals surface area contributed by atoms with E-state index >= 15 is 0 Å². The van der Waals surface area contributed by atoms with Crippen LogP contribution in [0.5, 0.6) is 0 Å². The largest absolute Gasteiger partial charge is 0.477 e. The second-order valence-electron chi connectivity index (χ2n) is 5.50. The molecule has 1 heterocycles. The molecule has 0 spiro atoms. The molecule has 2 N–H and O–H groups in total. The molecule has 1 aliphatic rings. The Hall–Kier alpha value is -2.18. The number of nitrogens with one attached hydrogen (secondary N) is 1. The van der Waals surface area contributed by atoms with E-state index in [0.717, 1.165) is 18.9 Å². The summed E-state index contributed by atoms with van der Waals surface area (Å²) in [7, 11) is 0. The standard InChI is InChI=1S/C13H17N3O4/c1-8(2)13(5-6-13)7-14-11-10(16(19)20)4-3-9(15-11)12(17)18/h3-4,8H,5-7H2,1-2H3,(H,14,15)(H,17,18). The molecule has 1 aromatic rings.